The molecule has 0 unspecified atom stereocenters. The van der Waals surface area contributed by atoms with Crippen LogP contribution >= 0.6 is 0 Å². The molecule has 0 aliphatic heterocycles. The Labute approximate surface area is 154 Å². The Morgan fingerprint density at radius 3 is 1.85 bits per heavy atom. The smallest absolute Gasteiger partial charge is 0.160 e. The summed E-state index contributed by atoms with van der Waals surface area (Å²) in [6, 6.07) is 28.4. The summed E-state index contributed by atoms with van der Waals surface area (Å²) in [4.78, 5) is 11.3. The highest BCUT2D eigenvalue weighted by Crippen LogP contribution is 2.22. The number of Topliss-reactive ketones (excluding diaryl/α,β-unsaturated/α-hetero) is 1. The minimum absolute atomic E-state index is 0.103. The third-order valence-corrected chi connectivity index (χ3v) is 4.48. The van der Waals surface area contributed by atoms with Gasteiger partial charge >= 0.3 is 0 Å². The van der Waals surface area contributed by atoms with E-state index in [1.807, 2.05) is 61.5 Å². The molecule has 0 heterocycles. The second-order valence-corrected chi connectivity index (χ2v) is 6.44. The SMILES string of the molecule is CC(=O)c1cccc2ccccc12.C[C@@H](N)c1cccc2ccccc12. The van der Waals surface area contributed by atoms with Crippen LogP contribution in [0.15, 0.2) is 84.9 Å². The first kappa shape index (κ1) is 17.8. The molecule has 2 heteroatoms. The van der Waals surface area contributed by atoms with E-state index in [-0.39, 0.29) is 11.8 Å². The molecule has 0 saturated carbocycles. The van der Waals surface area contributed by atoms with E-state index < -0.39 is 0 Å². The Bertz CT molecular complexity index is 1040. The highest BCUT2D eigenvalue weighted by Gasteiger charge is 2.03. The number of hydrogen-bond donors (Lipinski definition) is 1. The molecule has 0 amide bonds. The van der Waals surface area contributed by atoms with E-state index in [9.17, 15) is 4.79 Å². The lowest BCUT2D eigenvalue weighted by Gasteiger charge is -2.09. The Morgan fingerprint density at radius 1 is 0.731 bits per heavy atom. The van der Waals surface area contributed by atoms with E-state index in [1.165, 1.54) is 16.3 Å². The monoisotopic (exact) mass is 341 g/mol. The second kappa shape index (κ2) is 7.94. The van der Waals surface area contributed by atoms with Crippen molar-refractivity contribution in [1.29, 1.82) is 0 Å². The van der Waals surface area contributed by atoms with Crippen molar-refractivity contribution < 1.29 is 4.79 Å². The maximum atomic E-state index is 11.3. The number of carbonyl (C=O) groups is 1. The van der Waals surface area contributed by atoms with Crippen molar-refractivity contribution in [3.63, 3.8) is 0 Å². The van der Waals surface area contributed by atoms with Gasteiger partial charge in [-0.1, -0.05) is 84.9 Å². The molecule has 130 valence electrons. The maximum Gasteiger partial charge on any atom is 0.160 e. The second-order valence-electron chi connectivity index (χ2n) is 6.44. The maximum absolute atomic E-state index is 11.3. The highest BCUT2D eigenvalue weighted by molar-refractivity contribution is 6.06. The van der Waals surface area contributed by atoms with Crippen molar-refractivity contribution in [2.75, 3.05) is 0 Å². The Morgan fingerprint density at radius 2 is 1.23 bits per heavy atom. The summed E-state index contributed by atoms with van der Waals surface area (Å²) >= 11 is 0. The number of benzene rings is 4. The van der Waals surface area contributed by atoms with Crippen LogP contribution in [-0.2, 0) is 0 Å². The van der Waals surface area contributed by atoms with Crippen LogP contribution in [0.25, 0.3) is 21.5 Å². The largest absolute Gasteiger partial charge is 0.324 e. The quantitative estimate of drug-likeness (QED) is 0.461. The van der Waals surface area contributed by atoms with Gasteiger partial charge in [-0.3, -0.25) is 4.79 Å². The average Bonchev–Trinajstić information content (AvgIpc) is 2.67. The molecule has 0 spiro atoms. The van der Waals surface area contributed by atoms with Crippen LogP contribution < -0.4 is 5.73 Å². The summed E-state index contributed by atoms with van der Waals surface area (Å²) in [5.74, 6) is 0.122. The zero-order chi connectivity index (χ0) is 18.5. The number of nitrogens with two attached hydrogens (primary N) is 1. The van der Waals surface area contributed by atoms with Gasteiger partial charge < -0.3 is 5.73 Å². The van der Waals surface area contributed by atoms with Gasteiger partial charge in [-0.25, -0.2) is 0 Å². The molecule has 0 aliphatic rings. The van der Waals surface area contributed by atoms with Gasteiger partial charge in [-0.05, 0) is 41.0 Å². The lowest BCUT2D eigenvalue weighted by molar-refractivity contribution is 0.101. The molecule has 1 atom stereocenters. The first-order chi connectivity index (χ1) is 12.6. The van der Waals surface area contributed by atoms with E-state index in [0.717, 1.165) is 16.3 Å². The van der Waals surface area contributed by atoms with Gasteiger partial charge in [0.25, 0.3) is 0 Å². The van der Waals surface area contributed by atoms with E-state index in [0.29, 0.717) is 0 Å². The summed E-state index contributed by atoms with van der Waals surface area (Å²) in [5.41, 5.74) is 7.90. The Kier molecular flexibility index (Phi) is 5.45. The van der Waals surface area contributed by atoms with Crippen LogP contribution in [0, 0.1) is 0 Å². The average molecular weight is 341 g/mol. The summed E-state index contributed by atoms with van der Waals surface area (Å²) < 4.78 is 0. The fraction of sp³-hybridized carbons (Fsp3) is 0.125. The van der Waals surface area contributed by atoms with Crippen LogP contribution in [0.4, 0.5) is 0 Å². The normalized spacial score (nSPS) is 11.7. The molecule has 4 aromatic carbocycles. The molecule has 0 aromatic heterocycles. The lowest BCUT2D eigenvalue weighted by Crippen LogP contribution is -2.05. The van der Waals surface area contributed by atoms with Gasteiger partial charge in [0.05, 0.1) is 0 Å². The van der Waals surface area contributed by atoms with Gasteiger partial charge in [0.1, 0.15) is 0 Å². The lowest BCUT2D eigenvalue weighted by atomic mass is 10.0. The molecule has 0 bridgehead atoms. The zero-order valence-electron chi connectivity index (χ0n) is 15.1. The zero-order valence-corrected chi connectivity index (χ0v) is 15.1. The number of fused-ring (bicyclic) bond motifs is 2. The number of rotatable bonds is 2. The molecule has 2 N–H and O–H groups in total. The van der Waals surface area contributed by atoms with Gasteiger partial charge in [0.2, 0.25) is 0 Å². The minimum atomic E-state index is 0.103. The van der Waals surface area contributed by atoms with Crippen LogP contribution in [0.2, 0.25) is 0 Å². The van der Waals surface area contributed by atoms with Crippen molar-refractivity contribution in [3.05, 3.63) is 96.1 Å². The third kappa shape index (κ3) is 3.81. The van der Waals surface area contributed by atoms with E-state index in [2.05, 4.69) is 30.3 Å². The Balaban J connectivity index is 0.000000151. The van der Waals surface area contributed by atoms with E-state index >= 15 is 0 Å². The van der Waals surface area contributed by atoms with Crippen LogP contribution in [-0.4, -0.2) is 5.78 Å². The molecule has 0 radical (unpaired) electrons. The number of hydrogen-bond acceptors (Lipinski definition) is 2. The summed E-state index contributed by atoms with van der Waals surface area (Å²) in [7, 11) is 0. The van der Waals surface area contributed by atoms with Crippen LogP contribution in [0.5, 0.6) is 0 Å². The number of carbonyl (C=O) groups excluding carboxylic acids is 1. The fourth-order valence-electron chi connectivity index (χ4n) is 3.18. The molecule has 26 heavy (non-hydrogen) atoms. The van der Waals surface area contributed by atoms with E-state index in [1.54, 1.807) is 6.92 Å². The first-order valence-electron chi connectivity index (χ1n) is 8.80. The fourth-order valence-corrected chi connectivity index (χ4v) is 3.18. The molecule has 0 saturated heterocycles. The molecule has 2 nitrogen and oxygen atoms in total. The topological polar surface area (TPSA) is 43.1 Å². The van der Waals surface area contributed by atoms with Crippen molar-refractivity contribution in [3.8, 4) is 0 Å². The van der Waals surface area contributed by atoms with Gasteiger partial charge in [0.15, 0.2) is 5.78 Å². The molecule has 4 aromatic rings. The molecular formula is C24H23NO. The molecule has 0 aliphatic carbocycles. The molecule has 4 rings (SSSR count). The van der Waals surface area contributed by atoms with Gasteiger partial charge in [-0.2, -0.15) is 0 Å². The standard InChI is InChI=1S/C12H13N.C12H10O/c2*1-9(13)11-8-4-6-10-5-2-3-7-12(10)11/h2-9H,13H2,1H3;2-8H,1H3/t9-;/m1./s1. The summed E-state index contributed by atoms with van der Waals surface area (Å²) in [6.07, 6.45) is 0. The van der Waals surface area contributed by atoms with Crippen molar-refractivity contribution in [2.45, 2.75) is 19.9 Å². The third-order valence-electron chi connectivity index (χ3n) is 4.48. The van der Waals surface area contributed by atoms with Crippen molar-refractivity contribution >= 4 is 27.3 Å². The van der Waals surface area contributed by atoms with E-state index in [4.69, 9.17) is 5.73 Å². The Hall–Kier alpha value is -2.97. The number of ketones is 1. The first-order valence-corrected chi connectivity index (χ1v) is 8.80. The van der Waals surface area contributed by atoms with Gasteiger partial charge in [0, 0.05) is 11.6 Å². The molecule has 0 fully saturated rings. The minimum Gasteiger partial charge on any atom is -0.324 e. The molecular weight excluding hydrogens is 318 g/mol. The van der Waals surface area contributed by atoms with Crippen LogP contribution in [0.3, 0.4) is 0 Å². The van der Waals surface area contributed by atoms with Crippen LogP contribution in [0.1, 0.15) is 35.8 Å². The highest BCUT2D eigenvalue weighted by atomic mass is 16.1. The van der Waals surface area contributed by atoms with Crippen molar-refractivity contribution in [2.24, 2.45) is 5.73 Å². The summed E-state index contributed by atoms with van der Waals surface area (Å²) in [5, 5.41) is 4.69. The van der Waals surface area contributed by atoms with Gasteiger partial charge in [-0.15, -0.1) is 0 Å². The van der Waals surface area contributed by atoms with Crippen molar-refractivity contribution in [1.82, 2.24) is 0 Å². The predicted molar refractivity (Wildman–Crippen MR) is 111 cm³/mol. The summed E-state index contributed by atoms with van der Waals surface area (Å²) in [6.45, 7) is 3.61. The predicted octanol–water partition coefficient (Wildman–Crippen LogP) is 5.90.